The number of hydrogen-bond acceptors (Lipinski definition) is 1. The van der Waals surface area contributed by atoms with E-state index in [0.29, 0.717) is 0 Å². The van der Waals surface area contributed by atoms with Gasteiger partial charge in [-0.25, -0.2) is 0 Å². The molecule has 0 unspecified atom stereocenters. The highest BCUT2D eigenvalue weighted by Crippen LogP contribution is 2.31. The minimum absolute atomic E-state index is 0.835. The van der Waals surface area contributed by atoms with E-state index in [4.69, 9.17) is 0 Å². The Bertz CT molecular complexity index is 257. The van der Waals surface area contributed by atoms with Gasteiger partial charge in [0.15, 0.2) is 0 Å². The van der Waals surface area contributed by atoms with E-state index in [1.807, 2.05) is 0 Å². The topological polar surface area (TPSA) is 0 Å². The van der Waals surface area contributed by atoms with Crippen LogP contribution < -0.4 is 0 Å². The zero-order chi connectivity index (χ0) is 9.10. The second-order valence-electron chi connectivity index (χ2n) is 3.80. The Morgan fingerprint density at radius 3 is 2.31 bits per heavy atom. The predicted molar refractivity (Wildman–Crippen MR) is 60.5 cm³/mol. The second-order valence-corrected chi connectivity index (χ2v) is 5.02. The Labute approximate surface area is 84.7 Å². The summed E-state index contributed by atoms with van der Waals surface area (Å²) in [5.74, 6) is 3.53. The van der Waals surface area contributed by atoms with Gasteiger partial charge in [0.2, 0.25) is 0 Å². The monoisotopic (exact) mass is 192 g/mol. The van der Waals surface area contributed by atoms with E-state index in [9.17, 15) is 0 Å². The van der Waals surface area contributed by atoms with Gasteiger partial charge in [-0.05, 0) is 42.8 Å². The van der Waals surface area contributed by atoms with Crippen LogP contribution in [0.15, 0.2) is 24.3 Å². The van der Waals surface area contributed by atoms with Crippen molar-refractivity contribution in [2.45, 2.75) is 25.7 Å². The highest BCUT2D eigenvalue weighted by Gasteiger charge is 2.14. The van der Waals surface area contributed by atoms with Crippen molar-refractivity contribution < 1.29 is 0 Å². The van der Waals surface area contributed by atoms with Crippen LogP contribution in [0.1, 0.15) is 29.9 Å². The van der Waals surface area contributed by atoms with E-state index in [1.165, 1.54) is 29.9 Å². The molecule has 1 fully saturated rings. The van der Waals surface area contributed by atoms with Crippen LogP contribution in [0.2, 0.25) is 0 Å². The largest absolute Gasteiger partial charge is 0.162 e. The van der Waals surface area contributed by atoms with Gasteiger partial charge in [0.05, 0.1) is 0 Å². The van der Waals surface area contributed by atoms with Crippen molar-refractivity contribution in [1.82, 2.24) is 0 Å². The maximum atomic E-state index is 2.30. The van der Waals surface area contributed by atoms with Crippen molar-refractivity contribution >= 4 is 11.8 Å². The molecule has 70 valence electrons. The summed E-state index contributed by atoms with van der Waals surface area (Å²) in [7, 11) is 0. The van der Waals surface area contributed by atoms with Gasteiger partial charge in [-0.2, -0.15) is 11.8 Å². The quantitative estimate of drug-likeness (QED) is 0.655. The van der Waals surface area contributed by atoms with E-state index >= 15 is 0 Å². The fourth-order valence-electron chi connectivity index (χ4n) is 1.87. The van der Waals surface area contributed by atoms with Crippen LogP contribution in [0.25, 0.3) is 0 Å². The maximum absolute atomic E-state index is 2.30. The Morgan fingerprint density at radius 2 is 1.69 bits per heavy atom. The van der Waals surface area contributed by atoms with Gasteiger partial charge < -0.3 is 0 Å². The summed E-state index contributed by atoms with van der Waals surface area (Å²) in [5.41, 5.74) is 2.92. The van der Waals surface area contributed by atoms with Crippen molar-refractivity contribution in [1.29, 1.82) is 0 Å². The molecular weight excluding hydrogens is 176 g/mol. The molecule has 1 heteroatoms. The Kier molecular flexibility index (Phi) is 2.94. The summed E-state index contributed by atoms with van der Waals surface area (Å²) >= 11 is 2.10. The summed E-state index contributed by atoms with van der Waals surface area (Å²) in [6.07, 6.45) is 2.74. The molecule has 1 aliphatic heterocycles. The fourth-order valence-corrected chi connectivity index (χ4v) is 2.98. The van der Waals surface area contributed by atoms with Gasteiger partial charge >= 0.3 is 0 Å². The molecule has 0 saturated carbocycles. The summed E-state index contributed by atoms with van der Waals surface area (Å²) in [5, 5.41) is 0. The Morgan fingerprint density at radius 1 is 1.08 bits per heavy atom. The van der Waals surface area contributed by atoms with E-state index < -0.39 is 0 Å². The van der Waals surface area contributed by atoms with Crippen LogP contribution in [0.4, 0.5) is 0 Å². The molecule has 0 radical (unpaired) electrons. The molecule has 1 aromatic rings. The molecule has 0 N–H and O–H groups in total. The maximum Gasteiger partial charge on any atom is -0.00617 e. The molecule has 0 atom stereocenters. The summed E-state index contributed by atoms with van der Waals surface area (Å²) in [6.45, 7) is 2.15. The molecule has 0 amide bonds. The normalized spacial score (nSPS) is 18.8. The molecule has 0 nitrogen and oxygen atoms in total. The van der Waals surface area contributed by atoms with Gasteiger partial charge in [0.1, 0.15) is 0 Å². The Hall–Kier alpha value is -0.430. The van der Waals surface area contributed by atoms with Gasteiger partial charge in [-0.1, -0.05) is 29.8 Å². The van der Waals surface area contributed by atoms with E-state index in [1.54, 1.807) is 5.56 Å². The third-order valence-corrected chi connectivity index (χ3v) is 3.82. The molecule has 2 rings (SSSR count). The van der Waals surface area contributed by atoms with Gasteiger partial charge in [0.25, 0.3) is 0 Å². The average molecular weight is 192 g/mol. The van der Waals surface area contributed by atoms with Crippen LogP contribution in [0.5, 0.6) is 0 Å². The lowest BCUT2D eigenvalue weighted by atomic mass is 9.93. The molecule has 0 spiro atoms. The van der Waals surface area contributed by atoms with Crippen molar-refractivity contribution in [2.75, 3.05) is 11.5 Å². The molecule has 1 heterocycles. The number of hydrogen-bond donors (Lipinski definition) is 0. The SMILES string of the molecule is Cc1ccc(C2CCSCC2)cc1. The first-order chi connectivity index (χ1) is 6.36. The lowest BCUT2D eigenvalue weighted by Gasteiger charge is -2.21. The first-order valence-electron chi connectivity index (χ1n) is 5.00. The number of rotatable bonds is 1. The van der Waals surface area contributed by atoms with Crippen molar-refractivity contribution in [3.05, 3.63) is 35.4 Å². The summed E-state index contributed by atoms with van der Waals surface area (Å²) in [6, 6.07) is 9.07. The van der Waals surface area contributed by atoms with Crippen molar-refractivity contribution in [2.24, 2.45) is 0 Å². The highest BCUT2D eigenvalue weighted by molar-refractivity contribution is 7.99. The van der Waals surface area contributed by atoms with E-state index in [2.05, 4.69) is 43.0 Å². The zero-order valence-electron chi connectivity index (χ0n) is 8.12. The first kappa shape index (κ1) is 9.14. The van der Waals surface area contributed by atoms with Gasteiger partial charge in [0, 0.05) is 0 Å². The van der Waals surface area contributed by atoms with Gasteiger partial charge in [-0.15, -0.1) is 0 Å². The smallest absolute Gasteiger partial charge is 0.00617 e. The summed E-state index contributed by atoms with van der Waals surface area (Å²) < 4.78 is 0. The van der Waals surface area contributed by atoms with Crippen LogP contribution >= 0.6 is 11.8 Å². The van der Waals surface area contributed by atoms with E-state index in [0.717, 1.165) is 5.92 Å². The minimum atomic E-state index is 0.835. The molecule has 1 saturated heterocycles. The number of thioether (sulfide) groups is 1. The number of benzene rings is 1. The summed E-state index contributed by atoms with van der Waals surface area (Å²) in [4.78, 5) is 0. The Balaban J connectivity index is 2.10. The lowest BCUT2D eigenvalue weighted by Crippen LogP contribution is -2.07. The number of aryl methyl sites for hydroxylation is 1. The molecule has 1 aromatic carbocycles. The molecule has 13 heavy (non-hydrogen) atoms. The standard InChI is InChI=1S/C12H16S/c1-10-2-4-11(5-3-10)12-6-8-13-9-7-12/h2-5,12H,6-9H2,1H3. The third-order valence-electron chi connectivity index (χ3n) is 2.77. The van der Waals surface area contributed by atoms with Gasteiger partial charge in [-0.3, -0.25) is 0 Å². The molecule has 0 aliphatic carbocycles. The second kappa shape index (κ2) is 4.19. The van der Waals surface area contributed by atoms with Crippen LogP contribution in [-0.2, 0) is 0 Å². The molecule has 0 aromatic heterocycles. The highest BCUT2D eigenvalue weighted by atomic mass is 32.2. The van der Waals surface area contributed by atoms with Crippen molar-refractivity contribution in [3.63, 3.8) is 0 Å². The molecular formula is C12H16S. The van der Waals surface area contributed by atoms with Crippen LogP contribution in [0, 0.1) is 6.92 Å². The van der Waals surface area contributed by atoms with Crippen LogP contribution in [-0.4, -0.2) is 11.5 Å². The lowest BCUT2D eigenvalue weighted by molar-refractivity contribution is 0.637. The first-order valence-corrected chi connectivity index (χ1v) is 6.16. The van der Waals surface area contributed by atoms with Crippen LogP contribution in [0.3, 0.4) is 0 Å². The fraction of sp³-hybridized carbons (Fsp3) is 0.500. The average Bonchev–Trinajstić information content (AvgIpc) is 2.20. The minimum Gasteiger partial charge on any atom is -0.162 e. The zero-order valence-corrected chi connectivity index (χ0v) is 8.94. The third kappa shape index (κ3) is 2.28. The van der Waals surface area contributed by atoms with Crippen molar-refractivity contribution in [3.8, 4) is 0 Å². The molecule has 1 aliphatic rings. The molecule has 0 bridgehead atoms. The van der Waals surface area contributed by atoms with E-state index in [-0.39, 0.29) is 0 Å². The predicted octanol–water partition coefficient (Wildman–Crippen LogP) is 3.61.